The molecule has 1 aromatic heterocycles. The summed E-state index contributed by atoms with van der Waals surface area (Å²) in [6, 6.07) is 22.9. The summed E-state index contributed by atoms with van der Waals surface area (Å²) < 4.78 is 75.4. The molecule has 0 fully saturated rings. The zero-order chi connectivity index (χ0) is 44.3. The third-order valence-electron chi connectivity index (χ3n) is 7.59. The summed E-state index contributed by atoms with van der Waals surface area (Å²) >= 11 is 0. The van der Waals surface area contributed by atoms with E-state index in [0.29, 0.717) is 23.9 Å². The Balaban J connectivity index is 0.000000387. The number of carboxylic acid groups (broad SMARTS) is 2. The Kier molecular flexibility index (Phi) is 18.6. The number of aliphatic carboxylic acids is 2. The van der Waals surface area contributed by atoms with Crippen LogP contribution in [0.25, 0.3) is 21.7 Å². The predicted molar refractivity (Wildman–Crippen MR) is 215 cm³/mol. The summed E-state index contributed by atoms with van der Waals surface area (Å²) in [6.07, 6.45) is -1.71. The first-order valence-corrected chi connectivity index (χ1v) is 20.6. The number of furan rings is 1. The molecule has 0 aliphatic heterocycles. The van der Waals surface area contributed by atoms with Crippen LogP contribution < -0.4 is 30.7 Å². The molecule has 0 bridgehead atoms. The van der Waals surface area contributed by atoms with Gasteiger partial charge in [0.05, 0.1) is 28.0 Å². The molecule has 322 valence electrons. The number of nitrogens with one attached hydrogen (secondary N) is 4. The number of carboxylic acids is 2. The Bertz CT molecular complexity index is 2310. The predicted octanol–water partition coefficient (Wildman–Crippen LogP) is 3.96. The van der Waals surface area contributed by atoms with Gasteiger partial charge in [-0.2, -0.15) is 16.8 Å². The molecule has 0 spiro atoms. The molecule has 8 N–H and O–H groups in total. The standard InChI is InChI=1S/C26H30N4O10.2C6H6O3S/c1-15(31)19-14-18-22(39-25(36)29-12-10-27-8-6-20(32)33)16-4-2-3-5-17(16)23(24(18)38-19)40-26(37)30-13-11-28-9-7-21(34)35;2*7-10(8,9)6-4-2-1-3-5-6/h2-5,14,27-28H,6-13H2,1H3,(H,29,36)(H,30,37)(H,32,33)(H,34,35);2*1-5H,(H,7,8,9). The van der Waals surface area contributed by atoms with E-state index in [4.69, 9.17) is 33.2 Å². The summed E-state index contributed by atoms with van der Waals surface area (Å²) in [5, 5.41) is 29.3. The van der Waals surface area contributed by atoms with Crippen molar-refractivity contribution in [2.24, 2.45) is 0 Å². The number of hydrogen-bond donors (Lipinski definition) is 8. The maximum absolute atomic E-state index is 12.6. The third-order valence-corrected chi connectivity index (χ3v) is 9.33. The number of rotatable bonds is 17. The number of hydrogen-bond acceptors (Lipinski definition) is 14. The van der Waals surface area contributed by atoms with Crippen LogP contribution in [0, 0.1) is 0 Å². The van der Waals surface area contributed by atoms with Crippen LogP contribution in [0.15, 0.2) is 105 Å². The van der Waals surface area contributed by atoms with Crippen LogP contribution in [0.3, 0.4) is 0 Å². The minimum Gasteiger partial charge on any atom is -0.481 e. The second kappa shape index (κ2) is 23.2. The van der Waals surface area contributed by atoms with Crippen LogP contribution in [0.5, 0.6) is 11.5 Å². The lowest BCUT2D eigenvalue weighted by Gasteiger charge is -2.14. The molecule has 20 nitrogen and oxygen atoms in total. The molecule has 22 heteroatoms. The molecule has 4 aromatic carbocycles. The van der Waals surface area contributed by atoms with E-state index < -0.39 is 50.1 Å². The minimum absolute atomic E-state index is 0.0184. The van der Waals surface area contributed by atoms with Gasteiger partial charge in [0.15, 0.2) is 28.6 Å². The van der Waals surface area contributed by atoms with Crippen molar-refractivity contribution in [3.63, 3.8) is 0 Å². The summed E-state index contributed by atoms with van der Waals surface area (Å²) in [7, 11) is -8.01. The van der Waals surface area contributed by atoms with Gasteiger partial charge < -0.3 is 45.4 Å². The lowest BCUT2D eigenvalue weighted by atomic mass is 10.1. The second-order valence-electron chi connectivity index (χ2n) is 12.1. The van der Waals surface area contributed by atoms with Gasteiger partial charge in [-0.1, -0.05) is 60.7 Å². The highest BCUT2D eigenvalue weighted by atomic mass is 32.2. The number of Topliss-reactive ketones (excluding diaryl/α,β-unsaturated/α-hetero) is 1. The van der Waals surface area contributed by atoms with Gasteiger partial charge in [0.2, 0.25) is 0 Å². The molecule has 0 atom stereocenters. The molecule has 2 amide bonds. The Hall–Kier alpha value is -6.43. The summed E-state index contributed by atoms with van der Waals surface area (Å²) in [5.74, 6) is -2.19. The van der Waals surface area contributed by atoms with Gasteiger partial charge in [0, 0.05) is 57.0 Å². The molecular formula is C38H42N4O16S2. The highest BCUT2D eigenvalue weighted by molar-refractivity contribution is 7.86. The molecule has 0 aliphatic carbocycles. The fraction of sp³-hybridized carbons (Fsp3) is 0.237. The molecule has 5 rings (SSSR count). The number of ether oxygens (including phenoxy) is 2. The van der Waals surface area contributed by atoms with Crippen molar-refractivity contribution in [1.29, 1.82) is 0 Å². The Morgan fingerprint density at radius 2 is 0.967 bits per heavy atom. The van der Waals surface area contributed by atoms with Crippen molar-refractivity contribution in [2.45, 2.75) is 29.6 Å². The summed E-state index contributed by atoms with van der Waals surface area (Å²) in [5.41, 5.74) is 0.0248. The molecule has 1 heterocycles. The molecule has 5 aromatic rings. The number of carbonyl (C=O) groups excluding carboxylic acids is 3. The zero-order valence-corrected chi connectivity index (χ0v) is 33.5. The van der Waals surface area contributed by atoms with Gasteiger partial charge in [-0.15, -0.1) is 0 Å². The van der Waals surface area contributed by atoms with Crippen LogP contribution in [0.2, 0.25) is 0 Å². The lowest BCUT2D eigenvalue weighted by molar-refractivity contribution is -0.137. The maximum Gasteiger partial charge on any atom is 0.412 e. The molecular weight excluding hydrogens is 833 g/mol. The molecule has 0 saturated heterocycles. The number of fused-ring (bicyclic) bond motifs is 2. The van der Waals surface area contributed by atoms with Crippen LogP contribution in [0.4, 0.5) is 9.59 Å². The van der Waals surface area contributed by atoms with E-state index in [-0.39, 0.29) is 77.0 Å². The largest absolute Gasteiger partial charge is 0.481 e. The van der Waals surface area contributed by atoms with Gasteiger partial charge in [-0.3, -0.25) is 23.5 Å². The van der Waals surface area contributed by atoms with E-state index in [1.54, 1.807) is 60.7 Å². The van der Waals surface area contributed by atoms with E-state index in [9.17, 15) is 40.8 Å². The highest BCUT2D eigenvalue weighted by Crippen LogP contribution is 2.44. The van der Waals surface area contributed by atoms with Crippen molar-refractivity contribution >= 4 is 71.9 Å². The van der Waals surface area contributed by atoms with Gasteiger partial charge >= 0.3 is 24.1 Å². The fourth-order valence-electron chi connectivity index (χ4n) is 4.85. The van der Waals surface area contributed by atoms with E-state index in [0.717, 1.165) is 0 Å². The van der Waals surface area contributed by atoms with E-state index >= 15 is 0 Å². The van der Waals surface area contributed by atoms with E-state index in [2.05, 4.69) is 21.3 Å². The summed E-state index contributed by atoms with van der Waals surface area (Å²) in [6.45, 7) is 2.73. The average molecular weight is 875 g/mol. The van der Waals surface area contributed by atoms with Crippen LogP contribution in [-0.2, 0) is 29.8 Å². The molecule has 0 aliphatic rings. The smallest absolute Gasteiger partial charge is 0.412 e. The molecule has 60 heavy (non-hydrogen) atoms. The first-order valence-electron chi connectivity index (χ1n) is 17.7. The topological polar surface area (TPSA) is 314 Å². The third kappa shape index (κ3) is 16.1. The number of amides is 2. The monoisotopic (exact) mass is 874 g/mol. The van der Waals surface area contributed by atoms with Crippen molar-refractivity contribution < 1.29 is 74.0 Å². The van der Waals surface area contributed by atoms with Crippen LogP contribution >= 0.6 is 0 Å². The second-order valence-corrected chi connectivity index (χ2v) is 15.0. The molecule has 0 unspecified atom stereocenters. The van der Waals surface area contributed by atoms with Gasteiger partial charge in [0.25, 0.3) is 20.2 Å². The van der Waals surface area contributed by atoms with Gasteiger partial charge in [0.1, 0.15) is 0 Å². The number of benzene rings is 4. The van der Waals surface area contributed by atoms with Crippen molar-refractivity contribution in [1.82, 2.24) is 21.3 Å². The van der Waals surface area contributed by atoms with Crippen LogP contribution in [0.1, 0.15) is 30.3 Å². The normalized spacial score (nSPS) is 11.0. The minimum atomic E-state index is -4.00. The van der Waals surface area contributed by atoms with Crippen LogP contribution in [-0.4, -0.2) is 105 Å². The quantitative estimate of drug-likeness (QED) is 0.0372. The number of carbonyl (C=O) groups is 5. The SMILES string of the molecule is CC(=O)c1cc2c(OC(=O)NCCNCCC(=O)O)c3ccccc3c(OC(=O)NCCNCCC(=O)O)c2o1.O=S(=O)(O)c1ccccc1.O=S(=O)(O)c1ccccc1. The maximum atomic E-state index is 12.6. The van der Waals surface area contributed by atoms with Crippen molar-refractivity contribution in [3.05, 3.63) is 96.8 Å². The first-order chi connectivity index (χ1) is 28.4. The van der Waals surface area contributed by atoms with Crippen molar-refractivity contribution in [3.8, 4) is 11.5 Å². The lowest BCUT2D eigenvalue weighted by Crippen LogP contribution is -2.34. The Morgan fingerprint density at radius 1 is 0.567 bits per heavy atom. The molecule has 0 saturated carbocycles. The Labute approximate surface area is 343 Å². The molecule has 0 radical (unpaired) electrons. The average Bonchev–Trinajstić information content (AvgIpc) is 3.65. The fourth-order valence-corrected chi connectivity index (χ4v) is 5.85. The van der Waals surface area contributed by atoms with E-state index in [1.807, 2.05) is 0 Å². The van der Waals surface area contributed by atoms with E-state index in [1.165, 1.54) is 37.3 Å². The van der Waals surface area contributed by atoms with Gasteiger partial charge in [-0.25, -0.2) is 9.59 Å². The first kappa shape index (κ1) is 47.9. The number of ketones is 1. The summed E-state index contributed by atoms with van der Waals surface area (Å²) in [4.78, 5) is 58.3. The van der Waals surface area contributed by atoms with Gasteiger partial charge in [-0.05, 0) is 30.3 Å². The van der Waals surface area contributed by atoms with Crippen molar-refractivity contribution in [2.75, 3.05) is 39.3 Å². The highest BCUT2D eigenvalue weighted by Gasteiger charge is 2.25. The zero-order valence-electron chi connectivity index (χ0n) is 31.8. The Morgan fingerprint density at radius 3 is 1.35 bits per heavy atom.